The number of aromatic nitrogens is 20. The third kappa shape index (κ3) is 32.9. The van der Waals surface area contributed by atoms with Crippen molar-refractivity contribution in [3.05, 3.63) is 113 Å². The van der Waals surface area contributed by atoms with Gasteiger partial charge in [0.15, 0.2) is 55.8 Å². The number of ether oxygens (including phenoxy) is 9. The van der Waals surface area contributed by atoms with E-state index < -0.39 is 105 Å². The molecule has 778 valence electrons. The predicted octanol–water partition coefficient (Wildman–Crippen LogP) is -1.84. The van der Waals surface area contributed by atoms with Gasteiger partial charge in [-0.1, -0.05) is 58.9 Å². The average Bonchev–Trinajstić information content (AvgIpc) is 1.65. The number of nitrogen functional groups attached to an aromatic ring is 1. The number of methoxy groups -OCH3 is 2. The van der Waals surface area contributed by atoms with Crippen molar-refractivity contribution in [3.8, 4) is 0 Å². The summed E-state index contributed by atoms with van der Waals surface area (Å²) in [6.07, 6.45) is 8.76. The molecule has 5 aliphatic rings. The number of rotatable bonds is 30. The molecular weight excluding hydrogens is 1980 g/mol. The Bertz CT molecular complexity index is 6370. The van der Waals surface area contributed by atoms with Crippen LogP contribution in [0.4, 0.5) is 29.7 Å². The molecule has 141 heavy (non-hydrogen) atoms. The Balaban J connectivity index is 0.000000364. The third-order valence-electron chi connectivity index (χ3n) is 20.0. The number of aliphatic imine (C=N–C) groups is 4. The molecule has 5 saturated heterocycles. The van der Waals surface area contributed by atoms with Crippen LogP contribution in [0, 0.1) is 6.92 Å². The standard InChI is InChI=1S/C15H22N6O4S.C14H19ClN6O4.2C13H18N6O4.C10H13N5O4.C7H8O2S2.C5H13NO2.4CH4.ClH.K/c1-20(2)6-17-15-18-13-12(14(23)19-15)16-7-21(13)11-4-9(24-8-26-3)10(5-22)25-11;1-20(2)6-17-14-18-12-11(13(23)19-14)16-7-21(12)10-3-8(24-5-15)9(4-22)25-10;2*1-18(2)5-15-13-16-11-10(12(22)17-13)14-6-19(11)9-3-7(21)8(4-20)23-9;11-10-13-8-7(9(18)14-10)12-3-15(8)6-1-4(17)5(2-16)19-6;1-6-2-4-7(5-3-6)11(8,9)10;1-6(2)5(7-3)8-4;;;;;;/h6-7,9-11,22H,4-5,8H2,1-3H3,(H,18,19,23);6-10,22H,3-5H2,1-2H3,(H,18,19,23);2*5-9,20-21H,3-4H2,1-2H3,(H,16,17,22);3-6,16-17H,1-2H2,(H3,11,13,14,18);2-5H,1H3,(H,8,9,10);5H,1-4H3;4*1H4;1H;/q;;;;;;;;;;;;+1/p-1/t9?,10-,11-;8?,9-,10-;2*7?,8-,9-;4?,5-,6-;;;;;;;;/m11111......../s1/i2*22D;20D;;;;;4*1T;;/hD. The predicted molar refractivity (Wildman–Crippen MR) is 529 cm³/mol. The minimum absolute atomic E-state index is 0. The summed E-state index contributed by atoms with van der Waals surface area (Å²) in [5, 5.41) is 61.0. The van der Waals surface area contributed by atoms with E-state index in [1.165, 1.54) is 97.0 Å². The minimum Gasteiger partial charge on any atom is -0.644 e. The van der Waals surface area contributed by atoms with E-state index in [1.807, 2.05) is 60.4 Å². The largest absolute Gasteiger partial charge is 1.00 e. The number of H-pyrrole nitrogens is 5. The number of hydrogen-bond donors (Lipinski definition) is 14. The molecule has 0 radical (unpaired) electrons. The first kappa shape index (κ1) is 111. The number of hydrogen-bond acceptors (Lipinski definition) is 42. The van der Waals surface area contributed by atoms with Gasteiger partial charge in [-0.15, -0.1) is 24.1 Å². The van der Waals surface area contributed by atoms with Crippen LogP contribution in [0.25, 0.3) is 55.8 Å². The monoisotopic (exact) mass is 2120 g/mol. The van der Waals surface area contributed by atoms with E-state index in [-0.39, 0.29) is 208 Å². The molecule has 0 aliphatic carbocycles. The quantitative estimate of drug-likeness (QED) is 0.00447. The molecule has 0 saturated carbocycles. The number of aliphatic hydroxyl groups excluding tert-OH is 8. The molecule has 11 aromatic rings. The molecule has 5 aliphatic heterocycles. The van der Waals surface area contributed by atoms with E-state index >= 15 is 0 Å². The molecule has 54 nitrogen and oxygen atoms in total. The van der Waals surface area contributed by atoms with E-state index in [9.17, 15) is 52.8 Å². The van der Waals surface area contributed by atoms with Crippen molar-refractivity contribution in [1.29, 1.82) is 5.47 Å². The second-order valence-corrected chi connectivity index (χ2v) is 35.0. The van der Waals surface area contributed by atoms with Crippen molar-refractivity contribution in [3.63, 3.8) is 0 Å². The number of aromatic amines is 5. The maximum Gasteiger partial charge on any atom is 1.00 e. The van der Waals surface area contributed by atoms with E-state index in [0.717, 1.165) is 5.56 Å². The van der Waals surface area contributed by atoms with Crippen molar-refractivity contribution in [2.24, 2.45) is 20.0 Å². The minimum atomic E-state index is -3.44. The van der Waals surface area contributed by atoms with Gasteiger partial charge in [0.05, 0.1) is 135 Å². The van der Waals surface area contributed by atoms with Crippen LogP contribution < -0.4 is 84.9 Å². The number of halogens is 2. The Morgan fingerprint density at radius 1 is 0.518 bits per heavy atom. The van der Waals surface area contributed by atoms with Gasteiger partial charge in [0.25, 0.3) is 27.8 Å². The molecule has 15 atom stereocenters. The van der Waals surface area contributed by atoms with Crippen LogP contribution in [0.1, 0.15) is 104 Å². The molecule has 5 fully saturated rings. The second kappa shape index (κ2) is 58.1. The number of anilines is 1. The summed E-state index contributed by atoms with van der Waals surface area (Å²) in [4.78, 5) is 140. The molecule has 15 heterocycles. The number of aryl methyl sites for hydroxylation is 1. The van der Waals surface area contributed by atoms with Crippen LogP contribution in [-0.2, 0) is 63.2 Å². The van der Waals surface area contributed by atoms with Crippen LogP contribution in [0.5, 0.6) is 0 Å². The molecule has 1 aromatic carbocycles. The van der Waals surface area contributed by atoms with Gasteiger partial charge >= 0.3 is 51.4 Å². The van der Waals surface area contributed by atoms with Crippen molar-refractivity contribution in [1.82, 2.24) is 122 Å². The first-order valence-electron chi connectivity index (χ1n) is 46.7. The number of nitrogens with one attached hydrogen (secondary N) is 5. The summed E-state index contributed by atoms with van der Waals surface area (Å²) in [5.74, 6) is 1.14. The van der Waals surface area contributed by atoms with Gasteiger partial charge in [-0.05, 0) is 39.4 Å². The van der Waals surface area contributed by atoms with Gasteiger partial charge in [-0.3, -0.25) is 76.6 Å². The van der Waals surface area contributed by atoms with Gasteiger partial charge in [0.2, 0.25) is 40.4 Å². The van der Waals surface area contributed by atoms with Crippen LogP contribution >= 0.6 is 35.7 Å². The number of benzene rings is 1. The molecule has 16 rings (SSSR count). The summed E-state index contributed by atoms with van der Waals surface area (Å²) in [6.45, 7) is 1.42. The third-order valence-corrected chi connectivity index (χ3v) is 21.9. The Kier molecular flexibility index (Phi) is 45.5. The average molecular weight is 2120 g/mol. The van der Waals surface area contributed by atoms with Gasteiger partial charge in [0.1, 0.15) is 68.9 Å². The number of nitrogens with two attached hydrogens (primary N) is 1. The first-order valence-corrected chi connectivity index (χ1v) is 45.4. The van der Waals surface area contributed by atoms with Crippen molar-refractivity contribution >= 4 is 167 Å². The van der Waals surface area contributed by atoms with Crippen LogP contribution in [0.15, 0.2) is 105 Å². The van der Waals surface area contributed by atoms with Gasteiger partial charge in [-0.2, -0.15) is 24.9 Å². The summed E-state index contributed by atoms with van der Waals surface area (Å²) in [5.41, 5.74) is 7.04. The number of alkyl halides is 1. The Labute approximate surface area is 884 Å². The number of aliphatic hydroxyl groups is 8. The molecule has 0 spiro atoms. The van der Waals surface area contributed by atoms with E-state index in [0.29, 0.717) is 41.4 Å². The molecule has 5 unspecified atom stereocenters. The van der Waals surface area contributed by atoms with Gasteiger partial charge in [0, 0.05) is 113 Å². The molecule has 60 heteroatoms. The zero-order valence-electron chi connectivity index (χ0n) is 89.0. The fourth-order valence-corrected chi connectivity index (χ4v) is 14.8. The maximum atomic E-state index is 12.3. The Hall–Kier alpha value is -9.20. The van der Waals surface area contributed by atoms with Crippen molar-refractivity contribution in [2.45, 2.75) is 172 Å². The Morgan fingerprint density at radius 3 is 1.05 bits per heavy atom. The van der Waals surface area contributed by atoms with Crippen molar-refractivity contribution in [2.75, 3.05) is 142 Å². The summed E-state index contributed by atoms with van der Waals surface area (Å²) >= 11 is 15.4. The van der Waals surface area contributed by atoms with E-state index in [2.05, 4.69) is 134 Å². The van der Waals surface area contributed by atoms with Gasteiger partial charge in [-0.25, -0.2) is 53.3 Å². The molecule has 0 bridgehead atoms. The normalized spacial score (nSPS) is 22.3. The Morgan fingerprint density at radius 2 is 0.794 bits per heavy atom. The van der Waals surface area contributed by atoms with Crippen LogP contribution in [0.3, 0.4) is 0 Å². The van der Waals surface area contributed by atoms with E-state index in [4.69, 9.17) is 76.0 Å². The fourth-order valence-electron chi connectivity index (χ4n) is 13.6. The SMILES string of the molecule is CN(C)C=Nc1nc2c(ncn2[C@H]2CC(O)[C@@H](CO)O2)c(=O)[nH]1.COC(OC)N(C)C.Cc1ccc(S(=O)(=O)[S-])cc1.Nc1nc2c(ncn2[C@H]2CC(O)[C@@H](CO)O2)c(=O)[nH]1.[2H]Cl.[2H]OC[C@H]1O[C@@H](n2cnc3c(=O)[nH]c(N=CN(C)C)nc32)CC1O.[2H]OC[C@H]1O[C@@H](n2cnc3c(=O)[nH]c(N=CN(C)C)nc32)CC1OCCl.[2H]OC[C@H]1O[C@@H](n2cnc3c(=O)[nH]c(N=CN(C)C)nc32)CC1OCSC.[3H]C.[3H]C.[3H]C.[3H]C.[K+]. The first-order chi connectivity index (χ1) is 70.9. The smallest absolute Gasteiger partial charge is 0.644 e. The zero-order chi connectivity index (χ0) is 111. The number of thioether (sulfide) groups is 1. The topological polar surface area (TPSA) is 689 Å². The number of nitrogens with zero attached hydrogens (tertiary/aromatic N) is 24. The fraction of sp³-hybridized carbons (Fsp3) is 0.568. The number of fused-ring (bicyclic) bond motifs is 5. The maximum absolute atomic E-state index is 12.3. The summed E-state index contributed by atoms with van der Waals surface area (Å²) in [6, 6.07) is 6.47. The second-order valence-electron chi connectivity index (χ2n) is 31.3. The van der Waals surface area contributed by atoms with Gasteiger partial charge < -0.3 is 120 Å². The van der Waals surface area contributed by atoms with Crippen molar-refractivity contribution < 1.29 is 149 Å². The summed E-state index contributed by atoms with van der Waals surface area (Å²) in [7, 11) is 23.0. The number of imidazole rings is 5. The van der Waals surface area contributed by atoms with Crippen LogP contribution in [0.2, 0.25) is 0 Å². The van der Waals surface area contributed by atoms with Crippen LogP contribution in [-0.4, -0.2) is 406 Å². The zero-order valence-corrected chi connectivity index (χ0v) is 88.1. The molecule has 15 N–H and O–H groups in total. The van der Waals surface area contributed by atoms with E-state index in [1.54, 1.807) is 111 Å². The molecule has 0 amide bonds. The molecule has 10 aromatic heterocycles. The molecular formula is C81H127Cl2KN30O24S3. The summed E-state index contributed by atoms with van der Waals surface area (Å²) < 4.78 is 128.